The number of hydrogen-bond donors (Lipinski definition) is 0. The van der Waals surface area contributed by atoms with Gasteiger partial charge in [-0.2, -0.15) is 5.10 Å². The van der Waals surface area contributed by atoms with E-state index in [1.54, 1.807) is 19.1 Å². The lowest BCUT2D eigenvalue weighted by Gasteiger charge is -2.07. The highest BCUT2D eigenvalue weighted by Gasteiger charge is 2.12. The highest BCUT2D eigenvalue weighted by atomic mass is 16.5. The van der Waals surface area contributed by atoms with Gasteiger partial charge in [-0.05, 0) is 25.1 Å². The topological polar surface area (TPSA) is 61.3 Å². The van der Waals surface area contributed by atoms with Crippen molar-refractivity contribution >= 4 is 16.9 Å². The van der Waals surface area contributed by atoms with Crippen molar-refractivity contribution in [2.75, 3.05) is 14.1 Å². The molecule has 0 fully saturated rings. The largest absolute Gasteiger partial charge is 0.494 e. The number of fused-ring (bicyclic) bond motifs is 1. The van der Waals surface area contributed by atoms with Gasteiger partial charge in [-0.3, -0.25) is 0 Å². The monoisotopic (exact) mass is 235 g/mol. The minimum absolute atomic E-state index is 0.0320. The van der Waals surface area contributed by atoms with Crippen molar-refractivity contribution in [3.8, 4) is 5.75 Å². The summed E-state index contributed by atoms with van der Waals surface area (Å²) in [7, 11) is -1.40. The van der Waals surface area contributed by atoms with Crippen molar-refractivity contribution in [2.45, 2.75) is 6.92 Å². The van der Waals surface area contributed by atoms with Gasteiger partial charge in [0.15, 0.2) is 0 Å². The number of nitrogens with zero attached hydrogens (tertiary/aromatic N) is 2. The second-order valence-corrected chi connectivity index (χ2v) is 3.49. The summed E-state index contributed by atoms with van der Waals surface area (Å²) in [5.74, 6) is -0.618. The molecule has 0 saturated heterocycles. The van der Waals surface area contributed by atoms with Gasteiger partial charge in [0.1, 0.15) is 11.3 Å². The number of aryl methyl sites for hydroxylation is 1. The Labute approximate surface area is 103 Å². The van der Waals surface area contributed by atoms with Crippen molar-refractivity contribution in [1.29, 1.82) is 0 Å². The third kappa shape index (κ3) is 2.04. The average molecular weight is 235 g/mol. The molecule has 0 saturated carbocycles. The Hall–Kier alpha value is -2.17. The maximum Gasteiger partial charge on any atom is 0.338 e. The van der Waals surface area contributed by atoms with Gasteiger partial charge in [0, 0.05) is 5.39 Å². The molecule has 0 aliphatic carbocycles. The van der Waals surface area contributed by atoms with E-state index < -0.39 is 13.0 Å². The SMILES string of the molecule is [2H]C([2H])([2H])Oc1cc(C(=O)OC)cc2cc(C)nnc12. The van der Waals surface area contributed by atoms with Crippen molar-refractivity contribution in [1.82, 2.24) is 10.2 Å². The van der Waals surface area contributed by atoms with E-state index in [0.29, 0.717) is 11.1 Å². The Morgan fingerprint density at radius 2 is 2.18 bits per heavy atom. The molecule has 2 rings (SSSR count). The van der Waals surface area contributed by atoms with Crippen molar-refractivity contribution < 1.29 is 18.4 Å². The van der Waals surface area contributed by atoms with Gasteiger partial charge in [-0.15, -0.1) is 5.10 Å². The molecule has 2 aromatic rings. The molecule has 17 heavy (non-hydrogen) atoms. The van der Waals surface area contributed by atoms with Gasteiger partial charge < -0.3 is 9.47 Å². The number of benzene rings is 1. The van der Waals surface area contributed by atoms with E-state index in [4.69, 9.17) is 8.85 Å². The smallest absolute Gasteiger partial charge is 0.338 e. The number of aromatic nitrogens is 2. The molecule has 0 spiro atoms. The third-order valence-corrected chi connectivity index (χ3v) is 2.31. The van der Waals surface area contributed by atoms with Crippen molar-refractivity contribution in [2.24, 2.45) is 0 Å². The molecule has 1 aromatic carbocycles. The van der Waals surface area contributed by atoms with Crippen molar-refractivity contribution in [3.05, 3.63) is 29.5 Å². The molecule has 5 nitrogen and oxygen atoms in total. The summed E-state index contributed by atoms with van der Waals surface area (Å²) in [6, 6.07) is 4.51. The Morgan fingerprint density at radius 3 is 2.88 bits per heavy atom. The van der Waals surface area contributed by atoms with Crippen molar-refractivity contribution in [3.63, 3.8) is 0 Å². The maximum absolute atomic E-state index is 11.6. The molecule has 0 aliphatic heterocycles. The summed E-state index contributed by atoms with van der Waals surface area (Å²) >= 11 is 0. The molecule has 1 heterocycles. The number of rotatable bonds is 2. The molecule has 88 valence electrons. The Kier molecular flexibility index (Phi) is 2.06. The van der Waals surface area contributed by atoms with Crippen LogP contribution >= 0.6 is 0 Å². The van der Waals surface area contributed by atoms with E-state index in [9.17, 15) is 4.79 Å². The number of esters is 1. The molecule has 0 N–H and O–H groups in total. The van der Waals surface area contributed by atoms with Gasteiger partial charge in [-0.1, -0.05) is 0 Å². The molecular weight excluding hydrogens is 220 g/mol. The van der Waals surface area contributed by atoms with E-state index in [1.165, 1.54) is 13.2 Å². The summed E-state index contributed by atoms with van der Waals surface area (Å²) in [4.78, 5) is 11.6. The fraction of sp³-hybridized carbons (Fsp3) is 0.250. The molecule has 0 radical (unpaired) electrons. The Morgan fingerprint density at radius 1 is 1.35 bits per heavy atom. The molecule has 0 atom stereocenters. The van der Waals surface area contributed by atoms with Crippen LogP contribution in [0, 0.1) is 6.92 Å². The number of methoxy groups -OCH3 is 2. The molecule has 0 unspecified atom stereocenters. The van der Waals surface area contributed by atoms with Gasteiger partial charge >= 0.3 is 5.97 Å². The lowest BCUT2D eigenvalue weighted by Crippen LogP contribution is -2.02. The van der Waals surface area contributed by atoms with Gasteiger partial charge in [0.2, 0.25) is 0 Å². The van der Waals surface area contributed by atoms with E-state index in [-0.39, 0.29) is 16.8 Å². The lowest BCUT2D eigenvalue weighted by atomic mass is 10.1. The summed E-state index contributed by atoms with van der Waals surface area (Å²) in [6.07, 6.45) is 0. The van der Waals surface area contributed by atoms with Crippen LogP contribution in [0.2, 0.25) is 0 Å². The standard InChI is InChI=1S/C12H12N2O3/c1-7-4-8-5-9(12(15)17-3)6-10(16-2)11(8)14-13-7/h4-6H,1-3H3/i2D3. The van der Waals surface area contributed by atoms with Crippen LogP contribution < -0.4 is 4.74 Å². The Balaban J connectivity index is 2.66. The van der Waals surface area contributed by atoms with E-state index in [0.717, 1.165) is 0 Å². The van der Waals surface area contributed by atoms with Crippen LogP contribution in [0.1, 0.15) is 20.2 Å². The molecular formula is C12H12N2O3. The molecule has 0 aliphatic rings. The summed E-state index contributed by atoms with van der Waals surface area (Å²) < 4.78 is 31.0. The first-order valence-corrected chi connectivity index (χ1v) is 4.85. The number of carbonyl (C=O) groups is 1. The number of ether oxygens (including phenoxy) is 2. The molecule has 0 bridgehead atoms. The molecule has 1 aromatic heterocycles. The summed E-state index contributed by atoms with van der Waals surface area (Å²) in [5, 5.41) is 8.33. The first-order valence-electron chi connectivity index (χ1n) is 6.35. The first kappa shape index (κ1) is 8.00. The minimum Gasteiger partial charge on any atom is -0.494 e. The van der Waals surface area contributed by atoms with Crippen LogP contribution in [0.4, 0.5) is 0 Å². The van der Waals surface area contributed by atoms with Crippen LogP contribution in [0.25, 0.3) is 10.9 Å². The van der Waals surface area contributed by atoms with Crippen LogP contribution in [0.15, 0.2) is 18.2 Å². The van der Waals surface area contributed by atoms with E-state index in [2.05, 4.69) is 14.9 Å². The predicted molar refractivity (Wildman–Crippen MR) is 62.2 cm³/mol. The highest BCUT2D eigenvalue weighted by molar-refractivity contribution is 5.96. The van der Waals surface area contributed by atoms with Crippen LogP contribution in [-0.4, -0.2) is 30.3 Å². The second kappa shape index (κ2) is 4.37. The van der Waals surface area contributed by atoms with Gasteiger partial charge in [0.05, 0.1) is 29.5 Å². The third-order valence-electron chi connectivity index (χ3n) is 2.31. The van der Waals surface area contributed by atoms with Crippen LogP contribution in [-0.2, 0) is 4.74 Å². The fourth-order valence-electron chi connectivity index (χ4n) is 1.54. The van der Waals surface area contributed by atoms with Gasteiger partial charge in [0.25, 0.3) is 0 Å². The highest BCUT2D eigenvalue weighted by Crippen LogP contribution is 2.25. The lowest BCUT2D eigenvalue weighted by molar-refractivity contribution is 0.0600. The predicted octanol–water partition coefficient (Wildman–Crippen LogP) is 1.73. The second-order valence-electron chi connectivity index (χ2n) is 3.49. The quantitative estimate of drug-likeness (QED) is 0.742. The molecule has 5 heteroatoms. The minimum atomic E-state index is -2.64. The number of carbonyl (C=O) groups excluding carboxylic acids is 1. The van der Waals surface area contributed by atoms with Crippen LogP contribution in [0.5, 0.6) is 5.75 Å². The zero-order chi connectivity index (χ0) is 14.9. The number of hydrogen-bond acceptors (Lipinski definition) is 5. The normalized spacial score (nSPS) is 13.6. The zero-order valence-electron chi connectivity index (χ0n) is 12.4. The fourth-order valence-corrected chi connectivity index (χ4v) is 1.54. The summed E-state index contributed by atoms with van der Waals surface area (Å²) in [5.41, 5.74) is 1.10. The maximum atomic E-state index is 11.6. The zero-order valence-corrected chi connectivity index (χ0v) is 9.35. The first-order chi connectivity index (χ1) is 9.30. The van der Waals surface area contributed by atoms with E-state index in [1.807, 2.05) is 0 Å². The average Bonchev–Trinajstić information content (AvgIpc) is 2.35. The van der Waals surface area contributed by atoms with Gasteiger partial charge in [-0.25, -0.2) is 4.79 Å². The Bertz CT molecular complexity index is 671. The molecule has 0 amide bonds. The van der Waals surface area contributed by atoms with Crippen LogP contribution in [0.3, 0.4) is 0 Å². The van der Waals surface area contributed by atoms with E-state index >= 15 is 0 Å². The summed E-state index contributed by atoms with van der Waals surface area (Å²) in [6.45, 7) is 1.74.